The second-order valence-electron chi connectivity index (χ2n) is 9.05. The number of amides is 2. The molecule has 2 fully saturated rings. The molecule has 0 bridgehead atoms. The Morgan fingerprint density at radius 1 is 0.971 bits per heavy atom. The lowest BCUT2D eigenvalue weighted by atomic mass is 10.1. The number of hydrogen-bond acceptors (Lipinski definition) is 4. The van der Waals surface area contributed by atoms with Crippen molar-refractivity contribution in [3.05, 3.63) is 75.2 Å². The molecule has 3 aromatic rings. The van der Waals surface area contributed by atoms with Gasteiger partial charge in [-0.1, -0.05) is 41.9 Å². The van der Waals surface area contributed by atoms with Crippen molar-refractivity contribution in [2.24, 2.45) is 5.92 Å². The van der Waals surface area contributed by atoms with E-state index < -0.39 is 0 Å². The zero-order valence-electron chi connectivity index (χ0n) is 19.0. The Labute approximate surface area is 202 Å². The summed E-state index contributed by atoms with van der Waals surface area (Å²) >= 11 is 6.19. The number of hydrogen-bond donors (Lipinski definition) is 0. The van der Waals surface area contributed by atoms with E-state index in [0.717, 1.165) is 18.4 Å². The van der Waals surface area contributed by atoms with Crippen LogP contribution in [0.25, 0.3) is 11.0 Å². The van der Waals surface area contributed by atoms with Gasteiger partial charge in [-0.25, -0.2) is 4.98 Å². The summed E-state index contributed by atoms with van der Waals surface area (Å²) in [5.74, 6) is 0.415. The second-order valence-corrected chi connectivity index (χ2v) is 9.49. The maximum atomic E-state index is 13.3. The van der Waals surface area contributed by atoms with E-state index in [9.17, 15) is 14.4 Å². The highest BCUT2D eigenvalue weighted by Crippen LogP contribution is 2.31. The average Bonchev–Trinajstić information content (AvgIpc) is 3.70. The highest BCUT2D eigenvalue weighted by Gasteiger charge is 2.35. The molecule has 0 atom stereocenters. The van der Waals surface area contributed by atoms with Gasteiger partial charge in [0.1, 0.15) is 5.69 Å². The monoisotopic (exact) mass is 478 g/mol. The molecule has 0 radical (unpaired) electrons. The molecular formula is C26H27ClN4O3. The van der Waals surface area contributed by atoms with Crippen molar-refractivity contribution in [3.63, 3.8) is 0 Å². The summed E-state index contributed by atoms with van der Waals surface area (Å²) in [5.41, 5.74) is 2.53. The molecule has 7 nitrogen and oxygen atoms in total. The van der Waals surface area contributed by atoms with Crippen LogP contribution in [0.1, 0.15) is 30.5 Å². The van der Waals surface area contributed by atoms with Crippen LogP contribution in [0, 0.1) is 5.92 Å². The molecule has 2 amide bonds. The lowest BCUT2D eigenvalue weighted by Gasteiger charge is -2.35. The molecule has 1 aromatic heterocycles. The number of halogens is 1. The normalized spacial score (nSPS) is 16.1. The summed E-state index contributed by atoms with van der Waals surface area (Å²) in [6.07, 6.45) is 2.44. The smallest absolute Gasteiger partial charge is 0.273 e. The fraction of sp³-hybridized carbons (Fsp3) is 0.385. The molecule has 176 valence electrons. The van der Waals surface area contributed by atoms with Crippen molar-refractivity contribution < 1.29 is 9.59 Å². The van der Waals surface area contributed by atoms with Crippen LogP contribution in [-0.4, -0.2) is 57.3 Å². The van der Waals surface area contributed by atoms with Crippen LogP contribution >= 0.6 is 11.6 Å². The van der Waals surface area contributed by atoms with E-state index in [0.29, 0.717) is 54.5 Å². The van der Waals surface area contributed by atoms with Crippen LogP contribution in [0.3, 0.4) is 0 Å². The Kier molecular flexibility index (Phi) is 6.37. The minimum Gasteiger partial charge on any atom is -0.339 e. The van der Waals surface area contributed by atoms with Crippen molar-refractivity contribution in [1.29, 1.82) is 0 Å². The minimum atomic E-state index is -0.189. The Morgan fingerprint density at radius 2 is 1.68 bits per heavy atom. The first-order chi connectivity index (χ1) is 16.5. The van der Waals surface area contributed by atoms with E-state index in [4.69, 9.17) is 11.6 Å². The summed E-state index contributed by atoms with van der Waals surface area (Å²) in [6, 6.07) is 15.1. The lowest BCUT2D eigenvalue weighted by molar-refractivity contribution is -0.140. The lowest BCUT2D eigenvalue weighted by Crippen LogP contribution is -2.51. The molecule has 1 saturated carbocycles. The number of nitrogens with zero attached hydrogens (tertiary/aromatic N) is 4. The Hall–Kier alpha value is -3.19. The first-order valence-electron chi connectivity index (χ1n) is 11.8. The van der Waals surface area contributed by atoms with Gasteiger partial charge < -0.3 is 14.4 Å². The van der Waals surface area contributed by atoms with E-state index in [1.165, 1.54) is 0 Å². The third-order valence-electron chi connectivity index (χ3n) is 6.61. The molecule has 1 aliphatic carbocycles. The van der Waals surface area contributed by atoms with E-state index in [2.05, 4.69) is 4.98 Å². The van der Waals surface area contributed by atoms with Crippen LogP contribution in [0.2, 0.25) is 5.02 Å². The molecule has 1 saturated heterocycles. The molecule has 0 unspecified atom stereocenters. The van der Waals surface area contributed by atoms with Crippen LogP contribution < -0.4 is 5.56 Å². The van der Waals surface area contributed by atoms with Gasteiger partial charge in [0.05, 0.1) is 17.6 Å². The highest BCUT2D eigenvalue weighted by molar-refractivity contribution is 6.31. The topological polar surface area (TPSA) is 75.5 Å². The number of rotatable bonds is 6. The molecule has 0 spiro atoms. The Bertz CT molecular complexity index is 1280. The summed E-state index contributed by atoms with van der Waals surface area (Å²) in [6.45, 7) is 2.65. The van der Waals surface area contributed by atoms with Crippen molar-refractivity contribution >= 4 is 34.4 Å². The maximum absolute atomic E-state index is 13.3. The number of aryl methyl sites for hydroxylation is 1. The van der Waals surface area contributed by atoms with Gasteiger partial charge in [0.15, 0.2) is 0 Å². The number of fused-ring (bicyclic) bond motifs is 1. The summed E-state index contributed by atoms with van der Waals surface area (Å²) in [5, 5.41) is 0.547. The molecule has 34 heavy (non-hydrogen) atoms. The fourth-order valence-corrected chi connectivity index (χ4v) is 4.67. The number of carbonyl (C=O) groups is 2. The quantitative estimate of drug-likeness (QED) is 0.545. The van der Waals surface area contributed by atoms with Crippen molar-refractivity contribution in [1.82, 2.24) is 19.4 Å². The van der Waals surface area contributed by atoms with Crippen molar-refractivity contribution in [2.75, 3.05) is 26.2 Å². The second kappa shape index (κ2) is 9.58. The Morgan fingerprint density at radius 3 is 2.38 bits per heavy atom. The van der Waals surface area contributed by atoms with E-state index >= 15 is 0 Å². The van der Waals surface area contributed by atoms with Crippen molar-refractivity contribution in [3.8, 4) is 0 Å². The van der Waals surface area contributed by atoms with E-state index in [-0.39, 0.29) is 36.1 Å². The standard InChI is InChI=1S/C26H27ClN4O3/c27-20-8-10-23-22(16-20)28-21(26(34)31(23)17-18-4-2-1-3-5-18)9-11-24(32)29-12-14-30(15-13-29)25(33)19-6-7-19/h1-5,8,10,16,19H,6-7,9,11-15,17H2. The van der Waals surface area contributed by atoms with Crippen LogP contribution in [-0.2, 0) is 22.6 Å². The van der Waals surface area contributed by atoms with E-state index in [1.807, 2.05) is 41.3 Å². The number of aromatic nitrogens is 2. The summed E-state index contributed by atoms with van der Waals surface area (Å²) in [7, 11) is 0. The third kappa shape index (κ3) is 4.85. The van der Waals surface area contributed by atoms with Crippen LogP contribution in [0.5, 0.6) is 0 Å². The highest BCUT2D eigenvalue weighted by atomic mass is 35.5. The molecule has 0 N–H and O–H groups in total. The molecule has 5 rings (SSSR count). The van der Waals surface area contributed by atoms with Gasteiger partial charge in [0.25, 0.3) is 5.56 Å². The molecule has 2 aliphatic rings. The summed E-state index contributed by atoms with van der Waals surface area (Å²) in [4.78, 5) is 46.7. The molecular weight excluding hydrogens is 452 g/mol. The van der Waals surface area contributed by atoms with Gasteiger partial charge in [0.2, 0.25) is 11.8 Å². The van der Waals surface area contributed by atoms with Gasteiger partial charge in [0, 0.05) is 50.0 Å². The zero-order valence-corrected chi connectivity index (χ0v) is 19.7. The predicted molar refractivity (Wildman–Crippen MR) is 131 cm³/mol. The van der Waals surface area contributed by atoms with Gasteiger partial charge in [-0.05, 0) is 36.6 Å². The molecule has 8 heteroatoms. The van der Waals surface area contributed by atoms with Gasteiger partial charge >= 0.3 is 0 Å². The van der Waals surface area contributed by atoms with Crippen molar-refractivity contribution in [2.45, 2.75) is 32.2 Å². The van der Waals surface area contributed by atoms with Gasteiger partial charge in [-0.15, -0.1) is 0 Å². The van der Waals surface area contributed by atoms with Gasteiger partial charge in [-0.3, -0.25) is 14.4 Å². The predicted octanol–water partition coefficient (Wildman–Crippen LogP) is 3.11. The summed E-state index contributed by atoms with van der Waals surface area (Å²) < 4.78 is 1.70. The largest absolute Gasteiger partial charge is 0.339 e. The van der Waals surface area contributed by atoms with Crippen LogP contribution in [0.4, 0.5) is 0 Å². The number of carbonyl (C=O) groups excluding carboxylic acids is 2. The number of benzene rings is 2. The van der Waals surface area contributed by atoms with Gasteiger partial charge in [-0.2, -0.15) is 0 Å². The minimum absolute atomic E-state index is 0.0134. The van der Waals surface area contributed by atoms with E-state index in [1.54, 1.807) is 21.6 Å². The SMILES string of the molecule is O=C(CCc1nc2cc(Cl)ccc2n(Cc2ccccc2)c1=O)N1CCN(C(=O)C2CC2)CC1. The fourth-order valence-electron chi connectivity index (χ4n) is 4.51. The zero-order chi connectivity index (χ0) is 23.7. The maximum Gasteiger partial charge on any atom is 0.273 e. The first-order valence-corrected chi connectivity index (χ1v) is 12.2. The number of piperazine rings is 1. The molecule has 2 aromatic carbocycles. The third-order valence-corrected chi connectivity index (χ3v) is 6.84. The molecule has 2 heterocycles. The van der Waals surface area contributed by atoms with Crippen LogP contribution in [0.15, 0.2) is 53.3 Å². The Balaban J connectivity index is 1.31. The average molecular weight is 479 g/mol. The molecule has 1 aliphatic heterocycles. The first kappa shape index (κ1) is 22.6.